The van der Waals surface area contributed by atoms with Crippen molar-refractivity contribution in [1.82, 2.24) is 5.32 Å². The van der Waals surface area contributed by atoms with Crippen LogP contribution in [0.4, 0.5) is 0 Å². The van der Waals surface area contributed by atoms with E-state index < -0.39 is 0 Å². The molecular weight excluding hydrogens is 218 g/mol. The van der Waals surface area contributed by atoms with Crippen LogP contribution in [0.15, 0.2) is 35.4 Å². The topological polar surface area (TPSA) is 12.0 Å². The van der Waals surface area contributed by atoms with Crippen LogP contribution in [0.3, 0.4) is 0 Å². The highest BCUT2D eigenvalue weighted by Crippen LogP contribution is 2.32. The van der Waals surface area contributed by atoms with Crippen molar-refractivity contribution in [2.24, 2.45) is 0 Å². The molecule has 0 bridgehead atoms. The molecule has 1 unspecified atom stereocenters. The first kappa shape index (κ1) is 12.0. The van der Waals surface area contributed by atoms with E-state index in [4.69, 9.17) is 0 Å². The van der Waals surface area contributed by atoms with Crippen LogP contribution in [0.25, 0.3) is 0 Å². The molecule has 0 radical (unpaired) electrons. The summed E-state index contributed by atoms with van der Waals surface area (Å²) < 4.78 is 0. The first-order chi connectivity index (χ1) is 8.83. The number of aryl methyl sites for hydroxylation is 1. The molecule has 1 aromatic rings. The normalized spacial score (nSPS) is 23.9. The van der Waals surface area contributed by atoms with E-state index in [9.17, 15) is 0 Å². The summed E-state index contributed by atoms with van der Waals surface area (Å²) in [5.74, 6) is 0. The van der Waals surface area contributed by atoms with E-state index in [1.165, 1.54) is 56.2 Å². The van der Waals surface area contributed by atoms with Crippen molar-refractivity contribution in [2.45, 2.75) is 51.5 Å². The summed E-state index contributed by atoms with van der Waals surface area (Å²) in [6.45, 7) is 3.33. The molecule has 0 spiro atoms. The lowest BCUT2D eigenvalue weighted by Crippen LogP contribution is -2.39. The van der Waals surface area contributed by atoms with Crippen molar-refractivity contribution in [1.29, 1.82) is 0 Å². The second-order valence-corrected chi connectivity index (χ2v) is 5.78. The third-order valence-electron chi connectivity index (χ3n) is 4.43. The van der Waals surface area contributed by atoms with E-state index in [-0.39, 0.29) is 0 Å². The molecule has 0 aromatic heterocycles. The Labute approximate surface area is 110 Å². The molecule has 2 aliphatic rings. The largest absolute Gasteiger partial charge is 0.310 e. The Morgan fingerprint density at radius 3 is 2.67 bits per heavy atom. The quantitative estimate of drug-likeness (QED) is 0.777. The first-order valence-electron chi connectivity index (χ1n) is 7.32. The van der Waals surface area contributed by atoms with E-state index in [0.717, 1.165) is 0 Å². The molecule has 1 N–H and O–H groups in total. The van der Waals surface area contributed by atoms with E-state index in [2.05, 4.69) is 36.5 Å². The van der Waals surface area contributed by atoms with Gasteiger partial charge < -0.3 is 5.32 Å². The van der Waals surface area contributed by atoms with E-state index in [1.807, 2.05) is 0 Å². The van der Waals surface area contributed by atoms with Gasteiger partial charge in [-0.05, 0) is 57.6 Å². The maximum atomic E-state index is 3.72. The molecule has 1 nitrogen and oxygen atoms in total. The maximum Gasteiger partial charge on any atom is 0.0322 e. The summed E-state index contributed by atoms with van der Waals surface area (Å²) in [7, 11) is 0. The van der Waals surface area contributed by atoms with Gasteiger partial charge in [-0.2, -0.15) is 0 Å². The lowest BCUT2D eigenvalue weighted by Gasteiger charge is -2.33. The lowest BCUT2D eigenvalue weighted by molar-refractivity contribution is 0.474. The molecular formula is C17H23N. The van der Waals surface area contributed by atoms with Crippen molar-refractivity contribution < 1.29 is 0 Å². The molecule has 0 saturated carbocycles. The minimum atomic E-state index is 0.608. The fourth-order valence-electron chi connectivity index (χ4n) is 3.37. The van der Waals surface area contributed by atoms with Gasteiger partial charge in [0.2, 0.25) is 0 Å². The van der Waals surface area contributed by atoms with Gasteiger partial charge in [0.05, 0.1) is 0 Å². The van der Waals surface area contributed by atoms with E-state index in [1.54, 1.807) is 11.1 Å². The minimum absolute atomic E-state index is 0.608. The Balaban J connectivity index is 1.77. The summed E-state index contributed by atoms with van der Waals surface area (Å²) in [4.78, 5) is 0. The molecule has 18 heavy (non-hydrogen) atoms. The van der Waals surface area contributed by atoms with Crippen LogP contribution in [0, 0.1) is 6.92 Å². The smallest absolute Gasteiger partial charge is 0.0322 e. The van der Waals surface area contributed by atoms with Gasteiger partial charge in [-0.25, -0.2) is 0 Å². The number of hydrogen-bond acceptors (Lipinski definition) is 1. The van der Waals surface area contributed by atoms with Gasteiger partial charge in [0.1, 0.15) is 0 Å². The first-order valence-corrected chi connectivity index (χ1v) is 7.32. The Kier molecular flexibility index (Phi) is 3.51. The molecule has 1 heteroatoms. The van der Waals surface area contributed by atoms with Crippen LogP contribution in [0.2, 0.25) is 0 Å². The average Bonchev–Trinajstić information content (AvgIpc) is 2.42. The predicted octanol–water partition coefficient (Wildman–Crippen LogP) is 3.77. The van der Waals surface area contributed by atoms with Crippen LogP contribution >= 0.6 is 0 Å². The monoisotopic (exact) mass is 241 g/mol. The van der Waals surface area contributed by atoms with E-state index in [0.29, 0.717) is 6.04 Å². The number of rotatable bonds is 2. The van der Waals surface area contributed by atoms with E-state index >= 15 is 0 Å². The zero-order valence-corrected chi connectivity index (χ0v) is 11.3. The highest BCUT2D eigenvalue weighted by molar-refractivity contribution is 5.29. The van der Waals surface area contributed by atoms with Gasteiger partial charge in [0, 0.05) is 6.04 Å². The SMILES string of the molecule is Cc1ccc(CC2NCCC3=C2CCCC3)cc1. The van der Waals surface area contributed by atoms with Crippen LogP contribution in [0.5, 0.6) is 0 Å². The molecule has 1 atom stereocenters. The van der Waals surface area contributed by atoms with Gasteiger partial charge in [0.25, 0.3) is 0 Å². The minimum Gasteiger partial charge on any atom is -0.310 e. The van der Waals surface area contributed by atoms with Crippen molar-refractivity contribution in [2.75, 3.05) is 6.54 Å². The molecule has 1 heterocycles. The van der Waals surface area contributed by atoms with Gasteiger partial charge in [0.15, 0.2) is 0 Å². The lowest BCUT2D eigenvalue weighted by atomic mass is 9.81. The summed E-state index contributed by atoms with van der Waals surface area (Å²) in [6.07, 6.45) is 7.96. The molecule has 1 aromatic carbocycles. The zero-order chi connectivity index (χ0) is 12.4. The molecule has 0 fully saturated rings. The van der Waals surface area contributed by atoms with Crippen molar-refractivity contribution >= 4 is 0 Å². The Morgan fingerprint density at radius 1 is 1.06 bits per heavy atom. The van der Waals surface area contributed by atoms with Crippen LogP contribution in [-0.4, -0.2) is 12.6 Å². The predicted molar refractivity (Wildman–Crippen MR) is 76.8 cm³/mol. The molecule has 1 aliphatic heterocycles. The maximum absolute atomic E-state index is 3.72. The number of hydrogen-bond donors (Lipinski definition) is 1. The molecule has 1 aliphatic carbocycles. The average molecular weight is 241 g/mol. The van der Waals surface area contributed by atoms with Gasteiger partial charge in [-0.1, -0.05) is 41.0 Å². The number of benzene rings is 1. The molecule has 0 amide bonds. The third-order valence-corrected chi connectivity index (χ3v) is 4.43. The third kappa shape index (κ3) is 2.51. The highest BCUT2D eigenvalue weighted by Gasteiger charge is 2.24. The van der Waals surface area contributed by atoms with Crippen molar-refractivity contribution in [3.63, 3.8) is 0 Å². The Bertz CT molecular complexity index is 437. The number of nitrogens with one attached hydrogen (secondary N) is 1. The van der Waals surface area contributed by atoms with Crippen LogP contribution in [0.1, 0.15) is 43.2 Å². The molecule has 96 valence electrons. The summed E-state index contributed by atoms with van der Waals surface area (Å²) in [6, 6.07) is 9.64. The fraction of sp³-hybridized carbons (Fsp3) is 0.529. The fourth-order valence-corrected chi connectivity index (χ4v) is 3.37. The van der Waals surface area contributed by atoms with Crippen molar-refractivity contribution in [3.8, 4) is 0 Å². The van der Waals surface area contributed by atoms with Crippen molar-refractivity contribution in [3.05, 3.63) is 46.5 Å². The second-order valence-electron chi connectivity index (χ2n) is 5.78. The summed E-state index contributed by atoms with van der Waals surface area (Å²) in [5.41, 5.74) is 6.34. The van der Waals surface area contributed by atoms with Crippen LogP contribution < -0.4 is 5.32 Å². The summed E-state index contributed by atoms with van der Waals surface area (Å²) in [5, 5.41) is 3.72. The van der Waals surface area contributed by atoms with Gasteiger partial charge >= 0.3 is 0 Å². The second kappa shape index (κ2) is 5.27. The van der Waals surface area contributed by atoms with Gasteiger partial charge in [-0.15, -0.1) is 0 Å². The summed E-state index contributed by atoms with van der Waals surface area (Å²) >= 11 is 0. The molecule has 0 saturated heterocycles. The Hall–Kier alpha value is -1.08. The highest BCUT2D eigenvalue weighted by atomic mass is 14.9. The zero-order valence-electron chi connectivity index (χ0n) is 11.3. The standard InChI is InChI=1S/C17H23N/c1-13-6-8-14(9-7-13)12-17-16-5-3-2-4-15(16)10-11-18-17/h6-9,17-18H,2-5,10-12H2,1H3. The van der Waals surface area contributed by atoms with Gasteiger partial charge in [-0.3, -0.25) is 0 Å². The molecule has 3 rings (SSSR count). The Morgan fingerprint density at radius 2 is 1.83 bits per heavy atom. The van der Waals surface area contributed by atoms with Crippen LogP contribution in [-0.2, 0) is 6.42 Å².